The van der Waals surface area contributed by atoms with Crippen molar-refractivity contribution in [3.8, 4) is 0 Å². The summed E-state index contributed by atoms with van der Waals surface area (Å²) in [5.41, 5.74) is 0.751. The molecule has 3 heterocycles. The average Bonchev–Trinajstić information content (AvgIpc) is 3.09. The summed E-state index contributed by atoms with van der Waals surface area (Å²) in [5, 5.41) is 9.80. The Bertz CT molecular complexity index is 797. The lowest BCUT2D eigenvalue weighted by molar-refractivity contribution is -0.0445. The van der Waals surface area contributed by atoms with Crippen molar-refractivity contribution < 1.29 is 18.7 Å². The van der Waals surface area contributed by atoms with Crippen molar-refractivity contribution in [2.24, 2.45) is 0 Å². The first-order chi connectivity index (χ1) is 12.1. The van der Waals surface area contributed by atoms with Crippen LogP contribution in [-0.4, -0.2) is 57.9 Å². The maximum atomic E-state index is 15.3. The zero-order valence-electron chi connectivity index (χ0n) is 15.5. The summed E-state index contributed by atoms with van der Waals surface area (Å²) in [4.78, 5) is 12.2. The van der Waals surface area contributed by atoms with Crippen molar-refractivity contribution in [3.05, 3.63) is 17.8 Å². The molecule has 0 spiro atoms. The van der Waals surface area contributed by atoms with Gasteiger partial charge in [0.1, 0.15) is 24.1 Å². The van der Waals surface area contributed by atoms with Crippen LogP contribution in [0.15, 0.2) is 12.7 Å². The first-order valence-corrected chi connectivity index (χ1v) is 11.8. The predicted octanol–water partition coefficient (Wildman–Crippen LogP) is 3.10. The number of hydrogen-bond acceptors (Lipinski definition) is 6. The van der Waals surface area contributed by atoms with E-state index in [2.05, 4.69) is 35.7 Å². The van der Waals surface area contributed by atoms with Crippen molar-refractivity contribution in [1.29, 1.82) is 0 Å². The first-order valence-electron chi connectivity index (χ1n) is 8.48. The van der Waals surface area contributed by atoms with E-state index >= 15 is 4.39 Å². The third-order valence-corrected chi connectivity index (χ3v) is 10.0. The van der Waals surface area contributed by atoms with Gasteiger partial charge in [0.2, 0.25) is 0 Å². The number of aliphatic hydroxyl groups excluding tert-OH is 1. The second-order valence-electron chi connectivity index (χ2n) is 8.02. The summed E-state index contributed by atoms with van der Waals surface area (Å²) >= 11 is 6.01. The van der Waals surface area contributed by atoms with Gasteiger partial charge >= 0.3 is 0 Å². The molecule has 2 aromatic rings. The second kappa shape index (κ2) is 6.79. The zero-order chi connectivity index (χ0) is 19.3. The Hall–Kier alpha value is -1.13. The monoisotopic (exact) mass is 402 g/mol. The highest BCUT2D eigenvalue weighted by atomic mass is 35.5. The standard InChI is InChI=1S/C16H24ClFN4O3Si/c1-16(2,3)26(4,5)25-12-9(6-23)24-15(10(12)18)22-8-21-11-13(17)19-7-20-14(11)22/h7-10,12,15,23H,6H2,1-5H3/t9-,10-,12-,15?/m1/s1. The number of fused-ring (bicyclic) bond motifs is 1. The molecule has 4 atom stereocenters. The van der Waals surface area contributed by atoms with E-state index in [9.17, 15) is 5.11 Å². The molecule has 1 fully saturated rings. The zero-order valence-corrected chi connectivity index (χ0v) is 17.2. The van der Waals surface area contributed by atoms with Gasteiger partial charge in [-0.2, -0.15) is 0 Å². The van der Waals surface area contributed by atoms with Gasteiger partial charge in [0.15, 0.2) is 31.5 Å². The molecule has 0 bridgehead atoms. The molecular weight excluding hydrogens is 379 g/mol. The van der Waals surface area contributed by atoms with Crippen LogP contribution in [-0.2, 0) is 9.16 Å². The fourth-order valence-corrected chi connectivity index (χ4v) is 4.22. The van der Waals surface area contributed by atoms with E-state index in [4.69, 9.17) is 20.8 Å². The number of nitrogens with zero attached hydrogens (tertiary/aromatic N) is 4. The molecule has 1 unspecified atom stereocenters. The van der Waals surface area contributed by atoms with E-state index in [1.54, 1.807) is 0 Å². The summed E-state index contributed by atoms with van der Waals surface area (Å²) in [5.74, 6) is 0. The van der Waals surface area contributed by atoms with Gasteiger partial charge in [-0.15, -0.1) is 0 Å². The van der Waals surface area contributed by atoms with Gasteiger partial charge in [0.05, 0.1) is 12.9 Å². The highest BCUT2D eigenvalue weighted by Gasteiger charge is 2.51. The fourth-order valence-electron chi connectivity index (χ4n) is 2.73. The van der Waals surface area contributed by atoms with E-state index in [0.717, 1.165) is 0 Å². The van der Waals surface area contributed by atoms with Gasteiger partial charge in [0, 0.05) is 0 Å². The van der Waals surface area contributed by atoms with E-state index in [0.29, 0.717) is 11.2 Å². The lowest BCUT2D eigenvalue weighted by atomic mass is 10.1. The van der Waals surface area contributed by atoms with E-state index in [-0.39, 0.29) is 16.8 Å². The lowest BCUT2D eigenvalue weighted by Crippen LogP contribution is -2.49. The van der Waals surface area contributed by atoms with Crippen LogP contribution in [0.2, 0.25) is 23.3 Å². The van der Waals surface area contributed by atoms with Crippen LogP contribution >= 0.6 is 11.6 Å². The quantitative estimate of drug-likeness (QED) is 0.625. The Kier molecular flexibility index (Phi) is 5.13. The molecule has 0 aromatic carbocycles. The van der Waals surface area contributed by atoms with Crippen molar-refractivity contribution >= 4 is 31.1 Å². The van der Waals surface area contributed by atoms with Crippen molar-refractivity contribution in [2.45, 2.75) is 63.5 Å². The van der Waals surface area contributed by atoms with Crippen LogP contribution in [0.3, 0.4) is 0 Å². The predicted molar refractivity (Wildman–Crippen MR) is 98.3 cm³/mol. The molecule has 1 aliphatic heterocycles. The number of hydrogen-bond donors (Lipinski definition) is 1. The molecule has 0 amide bonds. The number of ether oxygens (including phenoxy) is 1. The normalized spacial score (nSPS) is 27.4. The van der Waals surface area contributed by atoms with Crippen molar-refractivity contribution in [3.63, 3.8) is 0 Å². The largest absolute Gasteiger partial charge is 0.408 e. The Morgan fingerprint density at radius 1 is 1.35 bits per heavy atom. The molecule has 1 aliphatic rings. The molecule has 26 heavy (non-hydrogen) atoms. The Labute approximate surface area is 157 Å². The molecule has 10 heteroatoms. The molecule has 0 aliphatic carbocycles. The number of halogens is 2. The summed E-state index contributed by atoms with van der Waals surface area (Å²) in [7, 11) is -2.25. The minimum atomic E-state index is -2.25. The molecule has 0 saturated carbocycles. The molecule has 3 rings (SSSR count). The molecule has 144 valence electrons. The Balaban J connectivity index is 1.92. The van der Waals surface area contributed by atoms with Gasteiger partial charge in [-0.1, -0.05) is 32.4 Å². The van der Waals surface area contributed by atoms with Crippen molar-refractivity contribution in [2.75, 3.05) is 6.61 Å². The topological polar surface area (TPSA) is 82.3 Å². The van der Waals surface area contributed by atoms with Gasteiger partial charge < -0.3 is 14.3 Å². The average molecular weight is 403 g/mol. The number of aliphatic hydroxyl groups is 1. The smallest absolute Gasteiger partial charge is 0.192 e. The van der Waals surface area contributed by atoms with E-state index in [1.165, 1.54) is 17.2 Å². The number of imidazole rings is 1. The SMILES string of the molecule is CC(C)(C)[Si](C)(C)O[C@@H]1[C@@H](CO)OC(n2cnc3c(Cl)ncnc32)[C@@H]1F. The van der Waals surface area contributed by atoms with Crippen molar-refractivity contribution in [1.82, 2.24) is 19.5 Å². The lowest BCUT2D eigenvalue weighted by Gasteiger charge is -2.39. The minimum absolute atomic E-state index is 0.0900. The van der Waals surface area contributed by atoms with Crippen LogP contribution in [0, 0.1) is 0 Å². The highest BCUT2D eigenvalue weighted by molar-refractivity contribution is 6.74. The van der Waals surface area contributed by atoms with Crippen LogP contribution in [0.4, 0.5) is 4.39 Å². The molecular formula is C16H24ClFN4O3Si. The maximum absolute atomic E-state index is 15.3. The molecule has 0 radical (unpaired) electrons. The summed E-state index contributed by atoms with van der Waals surface area (Å²) in [6, 6.07) is 0. The molecule has 7 nitrogen and oxygen atoms in total. The van der Waals surface area contributed by atoms with Gasteiger partial charge in [-0.25, -0.2) is 19.3 Å². The summed E-state index contributed by atoms with van der Waals surface area (Å²) in [6.45, 7) is 9.99. The third kappa shape index (κ3) is 3.27. The summed E-state index contributed by atoms with van der Waals surface area (Å²) < 4.78 is 28.8. The van der Waals surface area contributed by atoms with Gasteiger partial charge in [-0.05, 0) is 18.1 Å². The van der Waals surface area contributed by atoms with Gasteiger partial charge in [-0.3, -0.25) is 4.57 Å². The van der Waals surface area contributed by atoms with Crippen LogP contribution in [0.5, 0.6) is 0 Å². The van der Waals surface area contributed by atoms with Gasteiger partial charge in [0.25, 0.3) is 0 Å². The van der Waals surface area contributed by atoms with E-state index in [1.807, 2.05) is 13.1 Å². The first kappa shape index (κ1) is 19.6. The van der Waals surface area contributed by atoms with Crippen LogP contribution < -0.4 is 0 Å². The second-order valence-corrected chi connectivity index (χ2v) is 13.1. The fraction of sp³-hybridized carbons (Fsp3) is 0.688. The highest BCUT2D eigenvalue weighted by Crippen LogP contribution is 2.42. The maximum Gasteiger partial charge on any atom is 0.192 e. The number of rotatable bonds is 4. The van der Waals surface area contributed by atoms with E-state index < -0.39 is 32.9 Å². The Morgan fingerprint density at radius 2 is 2.04 bits per heavy atom. The molecule has 2 aromatic heterocycles. The molecule has 1 N–H and O–H groups in total. The van der Waals surface area contributed by atoms with Crippen LogP contribution in [0.1, 0.15) is 27.0 Å². The molecule has 1 saturated heterocycles. The minimum Gasteiger partial charge on any atom is -0.408 e. The number of aromatic nitrogens is 4. The Morgan fingerprint density at radius 3 is 2.65 bits per heavy atom. The van der Waals surface area contributed by atoms with Crippen LogP contribution in [0.25, 0.3) is 11.2 Å². The third-order valence-electron chi connectivity index (χ3n) is 5.27. The number of alkyl halides is 1. The summed E-state index contributed by atoms with van der Waals surface area (Å²) in [6.07, 6.45) is -1.39.